The number of aromatic nitrogens is 1. The fourth-order valence-corrected chi connectivity index (χ4v) is 1.66. The van der Waals surface area contributed by atoms with Gasteiger partial charge in [0.05, 0.1) is 12.2 Å². The van der Waals surface area contributed by atoms with Gasteiger partial charge in [-0.05, 0) is 31.2 Å². The Balaban J connectivity index is 2.41. The second-order valence-corrected chi connectivity index (χ2v) is 3.92. The van der Waals surface area contributed by atoms with Crippen molar-refractivity contribution in [2.45, 2.75) is 6.92 Å². The van der Waals surface area contributed by atoms with Crippen LogP contribution in [0.5, 0.6) is 11.5 Å². The minimum Gasteiger partial charge on any atom is -0.504 e. The van der Waals surface area contributed by atoms with E-state index in [1.54, 1.807) is 37.5 Å². The molecular weight excluding hydrogens is 254 g/mol. The monoisotopic (exact) mass is 267 g/mol. The summed E-state index contributed by atoms with van der Waals surface area (Å²) in [6.45, 7) is 2.21. The van der Waals surface area contributed by atoms with Crippen molar-refractivity contribution >= 4 is 6.29 Å². The highest BCUT2D eigenvalue weighted by Gasteiger charge is 2.11. The third-order valence-corrected chi connectivity index (χ3v) is 2.60. The molecule has 0 radical (unpaired) electrons. The number of pyridine rings is 1. The summed E-state index contributed by atoms with van der Waals surface area (Å²) >= 11 is 0. The van der Waals surface area contributed by atoms with E-state index in [1.807, 2.05) is 6.07 Å². The molecule has 1 N–H and O–H groups in total. The Morgan fingerprint density at radius 2 is 2.20 bits per heavy atom. The normalized spacial score (nSPS) is 9.45. The lowest BCUT2D eigenvalue weighted by atomic mass is 10.1. The van der Waals surface area contributed by atoms with Crippen LogP contribution in [0.15, 0.2) is 36.7 Å². The molecule has 4 nitrogen and oxygen atoms in total. The van der Waals surface area contributed by atoms with Crippen molar-refractivity contribution in [3.05, 3.63) is 53.3 Å². The van der Waals surface area contributed by atoms with E-state index in [2.05, 4.69) is 16.8 Å². The quantitative estimate of drug-likeness (QED) is 0.685. The second kappa shape index (κ2) is 6.39. The highest BCUT2D eigenvalue weighted by molar-refractivity contribution is 5.85. The van der Waals surface area contributed by atoms with Crippen LogP contribution in [-0.4, -0.2) is 23.0 Å². The van der Waals surface area contributed by atoms with E-state index in [0.29, 0.717) is 18.5 Å². The predicted molar refractivity (Wildman–Crippen MR) is 74.9 cm³/mol. The molecule has 0 fully saturated rings. The molecule has 4 heteroatoms. The van der Waals surface area contributed by atoms with Gasteiger partial charge in [0.2, 0.25) is 0 Å². The molecule has 2 rings (SSSR count). The molecular formula is C16H13NO3. The van der Waals surface area contributed by atoms with Crippen molar-refractivity contribution in [3.63, 3.8) is 0 Å². The van der Waals surface area contributed by atoms with Crippen LogP contribution in [0.3, 0.4) is 0 Å². The van der Waals surface area contributed by atoms with Crippen molar-refractivity contribution in [1.29, 1.82) is 0 Å². The smallest absolute Gasteiger partial charge is 0.169 e. The number of carbonyl (C=O) groups excluding carboxylic acids is 1. The van der Waals surface area contributed by atoms with E-state index in [1.165, 1.54) is 0 Å². The zero-order valence-electron chi connectivity index (χ0n) is 11.0. The fraction of sp³-hybridized carbons (Fsp3) is 0.125. The van der Waals surface area contributed by atoms with Crippen LogP contribution in [-0.2, 0) is 0 Å². The van der Waals surface area contributed by atoms with Crippen LogP contribution in [0.25, 0.3) is 0 Å². The number of rotatable bonds is 3. The van der Waals surface area contributed by atoms with Crippen molar-refractivity contribution in [1.82, 2.24) is 4.98 Å². The average Bonchev–Trinajstić information content (AvgIpc) is 2.49. The average molecular weight is 267 g/mol. The van der Waals surface area contributed by atoms with E-state index in [0.717, 1.165) is 5.56 Å². The van der Waals surface area contributed by atoms with Crippen molar-refractivity contribution in [2.75, 3.05) is 6.61 Å². The largest absolute Gasteiger partial charge is 0.504 e. The van der Waals surface area contributed by atoms with Gasteiger partial charge in [-0.2, -0.15) is 0 Å². The van der Waals surface area contributed by atoms with Crippen molar-refractivity contribution < 1.29 is 14.6 Å². The molecule has 0 aliphatic heterocycles. The van der Waals surface area contributed by atoms with Gasteiger partial charge < -0.3 is 9.84 Å². The number of phenols is 1. The zero-order valence-corrected chi connectivity index (χ0v) is 11.0. The van der Waals surface area contributed by atoms with Crippen LogP contribution in [0, 0.1) is 11.8 Å². The predicted octanol–water partition coefficient (Wildman–Crippen LogP) is 2.40. The molecule has 0 aliphatic carbocycles. The molecule has 100 valence electrons. The minimum absolute atomic E-state index is 0.132. The van der Waals surface area contributed by atoms with Gasteiger partial charge in [-0.25, -0.2) is 0 Å². The maximum absolute atomic E-state index is 11.1. The fourth-order valence-electron chi connectivity index (χ4n) is 1.66. The SMILES string of the molecule is CCOc1ccc(C#Cc2cccnc2)c(C=O)c1O. The Morgan fingerprint density at radius 1 is 1.35 bits per heavy atom. The standard InChI is InChI=1S/C16H13NO3/c1-2-20-15-8-7-13(14(11-18)16(15)19)6-5-12-4-3-9-17-10-12/h3-4,7-11,19H,2H2,1H3. The molecule has 0 bridgehead atoms. The van der Waals surface area contributed by atoms with Gasteiger partial charge in [0.1, 0.15) is 0 Å². The molecule has 0 amide bonds. The van der Waals surface area contributed by atoms with E-state index >= 15 is 0 Å². The summed E-state index contributed by atoms with van der Waals surface area (Å²) in [5.74, 6) is 5.84. The maximum Gasteiger partial charge on any atom is 0.169 e. The van der Waals surface area contributed by atoms with Gasteiger partial charge in [0, 0.05) is 23.5 Å². The molecule has 1 aromatic carbocycles. The Hall–Kier alpha value is -2.80. The van der Waals surface area contributed by atoms with Gasteiger partial charge in [-0.3, -0.25) is 9.78 Å². The lowest BCUT2D eigenvalue weighted by Gasteiger charge is -2.08. The number of ether oxygens (including phenoxy) is 1. The number of carbonyl (C=O) groups is 1. The molecule has 20 heavy (non-hydrogen) atoms. The van der Waals surface area contributed by atoms with E-state index < -0.39 is 0 Å². The summed E-state index contributed by atoms with van der Waals surface area (Å²) in [7, 11) is 0. The molecule has 1 heterocycles. The summed E-state index contributed by atoms with van der Waals surface area (Å²) in [4.78, 5) is 15.1. The van der Waals surface area contributed by atoms with E-state index in [-0.39, 0.29) is 17.1 Å². The Morgan fingerprint density at radius 3 is 2.85 bits per heavy atom. The molecule has 0 aliphatic rings. The summed E-state index contributed by atoms with van der Waals surface area (Å²) in [6.07, 6.45) is 3.86. The van der Waals surface area contributed by atoms with Crippen LogP contribution < -0.4 is 4.74 Å². The Labute approximate surface area is 117 Å². The molecule has 0 unspecified atom stereocenters. The first kappa shape index (κ1) is 13.6. The number of benzene rings is 1. The van der Waals surface area contributed by atoms with Crippen LogP contribution in [0.4, 0.5) is 0 Å². The third kappa shape index (κ3) is 2.96. The number of phenolic OH excluding ortho intramolecular Hbond substituents is 1. The Kier molecular flexibility index (Phi) is 4.35. The Bertz CT molecular complexity index is 669. The van der Waals surface area contributed by atoms with E-state index in [4.69, 9.17) is 4.74 Å². The molecule has 0 saturated carbocycles. The topological polar surface area (TPSA) is 59.4 Å². The first-order chi connectivity index (χ1) is 9.76. The number of hydrogen-bond acceptors (Lipinski definition) is 4. The van der Waals surface area contributed by atoms with Crippen LogP contribution >= 0.6 is 0 Å². The van der Waals surface area contributed by atoms with Gasteiger partial charge in [0.15, 0.2) is 17.8 Å². The van der Waals surface area contributed by atoms with Crippen molar-refractivity contribution in [2.24, 2.45) is 0 Å². The maximum atomic E-state index is 11.1. The number of aromatic hydroxyl groups is 1. The number of nitrogens with zero attached hydrogens (tertiary/aromatic N) is 1. The van der Waals surface area contributed by atoms with Gasteiger partial charge in [-0.1, -0.05) is 11.8 Å². The van der Waals surface area contributed by atoms with Gasteiger partial charge >= 0.3 is 0 Å². The van der Waals surface area contributed by atoms with Gasteiger partial charge in [0.25, 0.3) is 0 Å². The molecule has 0 atom stereocenters. The summed E-state index contributed by atoms with van der Waals surface area (Å²) in [6, 6.07) is 6.84. The molecule has 1 aromatic heterocycles. The molecule has 2 aromatic rings. The van der Waals surface area contributed by atoms with Crippen molar-refractivity contribution in [3.8, 4) is 23.3 Å². The van der Waals surface area contributed by atoms with Crippen LogP contribution in [0.2, 0.25) is 0 Å². The molecule has 0 saturated heterocycles. The summed E-state index contributed by atoms with van der Waals surface area (Å²) in [5, 5.41) is 9.96. The number of hydrogen-bond donors (Lipinski definition) is 1. The second-order valence-electron chi connectivity index (χ2n) is 3.92. The first-order valence-corrected chi connectivity index (χ1v) is 6.12. The molecule has 0 spiro atoms. The summed E-state index contributed by atoms with van der Waals surface area (Å²) < 4.78 is 5.23. The zero-order chi connectivity index (χ0) is 14.4. The number of aldehydes is 1. The lowest BCUT2D eigenvalue weighted by molar-refractivity contribution is 0.112. The van der Waals surface area contributed by atoms with Crippen LogP contribution in [0.1, 0.15) is 28.4 Å². The minimum atomic E-state index is -0.181. The third-order valence-electron chi connectivity index (χ3n) is 2.60. The van der Waals surface area contributed by atoms with E-state index in [9.17, 15) is 9.90 Å². The lowest BCUT2D eigenvalue weighted by Crippen LogP contribution is -1.96. The van der Waals surface area contributed by atoms with Gasteiger partial charge in [-0.15, -0.1) is 0 Å². The summed E-state index contributed by atoms with van der Waals surface area (Å²) in [5.41, 5.74) is 1.31. The highest BCUT2D eigenvalue weighted by atomic mass is 16.5. The first-order valence-electron chi connectivity index (χ1n) is 6.12. The highest BCUT2D eigenvalue weighted by Crippen LogP contribution is 2.31.